The second-order valence-corrected chi connectivity index (χ2v) is 19.6. The molecule has 10 nitrogen and oxygen atoms in total. The molecule has 2 aliphatic rings. The van der Waals surface area contributed by atoms with Crippen molar-refractivity contribution >= 4 is 37.1 Å². The van der Waals surface area contributed by atoms with Crippen molar-refractivity contribution < 1.29 is 18.4 Å². The van der Waals surface area contributed by atoms with Crippen LogP contribution in [0.3, 0.4) is 0 Å². The molecular formula is C31H40BFN6O4Si. The number of rotatable bonds is 8. The van der Waals surface area contributed by atoms with Crippen molar-refractivity contribution in [2.45, 2.75) is 83.3 Å². The highest BCUT2D eigenvalue weighted by molar-refractivity contribution is 6.76. The van der Waals surface area contributed by atoms with E-state index in [1.54, 1.807) is 4.68 Å². The number of aryl methyl sites for hydroxylation is 1. The maximum Gasteiger partial charge on any atom is 0.494 e. The van der Waals surface area contributed by atoms with Gasteiger partial charge in [-0.25, -0.2) is 14.1 Å². The summed E-state index contributed by atoms with van der Waals surface area (Å²) in [4.78, 5) is 18.2. The quantitative estimate of drug-likeness (QED) is 0.226. The minimum absolute atomic E-state index is 0.0233. The molecule has 2 aromatic heterocycles. The number of hydrogen-bond donors (Lipinski definition) is 1. The van der Waals surface area contributed by atoms with Crippen LogP contribution in [0.15, 0.2) is 47.5 Å². The van der Waals surface area contributed by atoms with E-state index in [-0.39, 0.29) is 12.1 Å². The Kier molecular flexibility index (Phi) is 7.59. The largest absolute Gasteiger partial charge is 0.494 e. The fourth-order valence-corrected chi connectivity index (χ4v) is 6.50. The van der Waals surface area contributed by atoms with Crippen molar-refractivity contribution in [3.63, 3.8) is 0 Å². The van der Waals surface area contributed by atoms with Crippen LogP contribution in [0, 0.1) is 5.82 Å². The summed E-state index contributed by atoms with van der Waals surface area (Å²) in [6.07, 6.45) is 1.50. The summed E-state index contributed by atoms with van der Waals surface area (Å²) in [5.41, 5.74) is 1.62. The first-order chi connectivity index (χ1) is 20.6. The van der Waals surface area contributed by atoms with Gasteiger partial charge in [0.15, 0.2) is 0 Å². The highest BCUT2D eigenvalue weighted by Crippen LogP contribution is 2.46. The Hall–Kier alpha value is -3.39. The van der Waals surface area contributed by atoms with Gasteiger partial charge in [-0.2, -0.15) is 10.2 Å². The van der Waals surface area contributed by atoms with Crippen LogP contribution >= 0.6 is 0 Å². The van der Waals surface area contributed by atoms with Gasteiger partial charge in [0.2, 0.25) is 0 Å². The lowest BCUT2D eigenvalue weighted by molar-refractivity contribution is 0.00578. The first kappa shape index (κ1) is 30.6. The van der Waals surface area contributed by atoms with Gasteiger partial charge in [0, 0.05) is 32.8 Å². The van der Waals surface area contributed by atoms with Crippen LogP contribution in [-0.4, -0.2) is 57.5 Å². The molecule has 0 radical (unpaired) electrons. The van der Waals surface area contributed by atoms with E-state index < -0.39 is 49.7 Å². The van der Waals surface area contributed by atoms with Gasteiger partial charge in [-0.3, -0.25) is 9.48 Å². The summed E-state index contributed by atoms with van der Waals surface area (Å²) in [5, 5.41) is 13.5. The molecule has 0 bridgehead atoms. The van der Waals surface area contributed by atoms with Crippen molar-refractivity contribution in [2.24, 2.45) is 7.05 Å². The van der Waals surface area contributed by atoms with Crippen molar-refractivity contribution in [2.75, 3.05) is 11.9 Å². The van der Waals surface area contributed by atoms with E-state index in [0.717, 1.165) is 17.1 Å². The molecule has 6 rings (SSSR count). The number of ether oxygens (including phenoxy) is 1. The zero-order valence-corrected chi connectivity index (χ0v) is 27.6. The van der Waals surface area contributed by atoms with E-state index in [1.807, 2.05) is 59.0 Å². The smallest absolute Gasteiger partial charge is 0.399 e. The number of nitrogens with one attached hydrogen (secondary N) is 1. The molecule has 2 atom stereocenters. The Morgan fingerprint density at radius 3 is 2.39 bits per heavy atom. The van der Waals surface area contributed by atoms with Gasteiger partial charge in [0.1, 0.15) is 24.7 Å². The topological polar surface area (TPSA) is 105 Å². The standard InChI is InChI=1S/C31H40BFN6O4Si/c1-30(2)31(3,4)43-32(42-30)20-11-9-19(10-12-20)26-25(28-34-17-35-38(28)5)27-24-22(15-21(33)16-23(24)36-26)29(40)39(37-27)18-41-13-14-44(6,7)8/h9-12,15-17,25-26,36H,13-14,18H2,1-8H3. The summed E-state index contributed by atoms with van der Waals surface area (Å²) in [7, 11) is 0.00211. The predicted octanol–water partition coefficient (Wildman–Crippen LogP) is 4.57. The second kappa shape index (κ2) is 10.9. The number of anilines is 1. The van der Waals surface area contributed by atoms with Crippen LogP contribution in [0.5, 0.6) is 0 Å². The van der Waals surface area contributed by atoms with Gasteiger partial charge in [-0.15, -0.1) is 0 Å². The molecule has 1 saturated heterocycles. The lowest BCUT2D eigenvalue weighted by Gasteiger charge is -2.34. The van der Waals surface area contributed by atoms with E-state index in [4.69, 9.17) is 19.1 Å². The van der Waals surface area contributed by atoms with Gasteiger partial charge in [0.05, 0.1) is 34.2 Å². The molecule has 2 aromatic carbocycles. The van der Waals surface area contributed by atoms with Gasteiger partial charge in [0.25, 0.3) is 5.56 Å². The second-order valence-electron chi connectivity index (χ2n) is 14.0. The molecule has 13 heteroatoms. The van der Waals surface area contributed by atoms with Crippen LogP contribution in [0.1, 0.15) is 56.7 Å². The minimum atomic E-state index is -1.33. The van der Waals surface area contributed by atoms with Gasteiger partial charge in [-0.1, -0.05) is 43.9 Å². The summed E-state index contributed by atoms with van der Waals surface area (Å²) >= 11 is 0. The van der Waals surface area contributed by atoms with E-state index >= 15 is 4.39 Å². The van der Waals surface area contributed by atoms with Crippen LogP contribution in [0.25, 0.3) is 10.8 Å². The molecule has 232 valence electrons. The number of aromatic nitrogens is 5. The van der Waals surface area contributed by atoms with Crippen LogP contribution < -0.4 is 16.3 Å². The number of benzene rings is 2. The summed E-state index contributed by atoms with van der Waals surface area (Å²) in [5.74, 6) is -0.293. The zero-order valence-electron chi connectivity index (χ0n) is 26.6. The van der Waals surface area contributed by atoms with Gasteiger partial charge in [-0.05, 0) is 56.9 Å². The average molecular weight is 619 g/mol. The predicted molar refractivity (Wildman–Crippen MR) is 171 cm³/mol. The average Bonchev–Trinajstić information content (AvgIpc) is 3.46. The monoisotopic (exact) mass is 618 g/mol. The zero-order chi connectivity index (χ0) is 31.6. The van der Waals surface area contributed by atoms with Gasteiger partial charge < -0.3 is 19.4 Å². The molecule has 0 amide bonds. The fraction of sp³-hybridized carbons (Fsp3) is 0.484. The molecule has 0 aliphatic carbocycles. The molecule has 0 spiro atoms. The summed E-state index contributed by atoms with van der Waals surface area (Å²) < 4.78 is 36.5. The molecule has 0 saturated carbocycles. The van der Waals surface area contributed by atoms with Crippen molar-refractivity contribution in [1.29, 1.82) is 0 Å². The number of halogens is 1. The third-order valence-electron chi connectivity index (χ3n) is 9.05. The molecule has 1 fully saturated rings. The first-order valence-corrected chi connectivity index (χ1v) is 18.7. The summed E-state index contributed by atoms with van der Waals surface area (Å²) in [6, 6.07) is 11.3. The highest BCUT2D eigenvalue weighted by atomic mass is 28.3. The van der Waals surface area contributed by atoms with Crippen LogP contribution in [0.2, 0.25) is 25.7 Å². The maximum atomic E-state index is 15.0. The fourth-order valence-electron chi connectivity index (χ4n) is 5.75. The Morgan fingerprint density at radius 1 is 1.09 bits per heavy atom. The van der Waals surface area contributed by atoms with Crippen LogP contribution in [0.4, 0.5) is 10.1 Å². The third-order valence-corrected chi connectivity index (χ3v) is 10.8. The molecule has 2 aliphatic heterocycles. The number of hydrogen-bond acceptors (Lipinski definition) is 8. The lowest BCUT2D eigenvalue weighted by atomic mass is 9.77. The number of nitrogens with zero attached hydrogens (tertiary/aromatic N) is 5. The van der Waals surface area contributed by atoms with E-state index in [2.05, 4.69) is 35.0 Å². The Morgan fingerprint density at radius 2 is 1.77 bits per heavy atom. The van der Waals surface area contributed by atoms with E-state index in [1.165, 1.54) is 23.1 Å². The molecular weight excluding hydrogens is 578 g/mol. The van der Waals surface area contributed by atoms with E-state index in [9.17, 15) is 4.79 Å². The van der Waals surface area contributed by atoms with Crippen molar-refractivity contribution in [3.05, 3.63) is 76.0 Å². The van der Waals surface area contributed by atoms with Crippen molar-refractivity contribution in [1.82, 2.24) is 24.5 Å². The van der Waals surface area contributed by atoms with Gasteiger partial charge >= 0.3 is 7.12 Å². The third kappa shape index (κ3) is 5.50. The molecule has 4 aromatic rings. The molecule has 2 unspecified atom stereocenters. The van der Waals surface area contributed by atoms with E-state index in [0.29, 0.717) is 29.2 Å². The molecule has 1 N–H and O–H groups in total. The Labute approximate surface area is 258 Å². The Bertz CT molecular complexity index is 1750. The maximum absolute atomic E-state index is 15.0. The first-order valence-electron chi connectivity index (χ1n) is 15.0. The van der Waals surface area contributed by atoms with Crippen LogP contribution in [-0.2, 0) is 27.8 Å². The molecule has 4 heterocycles. The summed E-state index contributed by atoms with van der Waals surface area (Å²) in [6.45, 7) is 15.4. The highest BCUT2D eigenvalue weighted by Gasteiger charge is 2.51. The lowest BCUT2D eigenvalue weighted by Crippen LogP contribution is -2.41. The van der Waals surface area contributed by atoms with Crippen molar-refractivity contribution in [3.8, 4) is 0 Å². The minimum Gasteiger partial charge on any atom is -0.399 e. The SMILES string of the molecule is Cn1ncnc1C1c2nn(COCC[Si](C)(C)C)c(=O)c3cc(F)cc(c23)NC1c1ccc(B2OC(C)(C)C(C)(C)O2)cc1. The molecule has 44 heavy (non-hydrogen) atoms. The normalized spacial score (nSPS) is 20.7. The Balaban J connectivity index is 1.42.